The third-order valence-electron chi connectivity index (χ3n) is 7.15. The van der Waals surface area contributed by atoms with Crippen LogP contribution in [-0.4, -0.2) is 46.9 Å². The third-order valence-corrected chi connectivity index (χ3v) is 7.15. The molecule has 4 aromatic rings. The van der Waals surface area contributed by atoms with Crippen LogP contribution in [0.5, 0.6) is 0 Å². The van der Waals surface area contributed by atoms with E-state index in [1.165, 1.54) is 11.8 Å². The average Bonchev–Trinajstić information content (AvgIpc) is 3.63. The number of amides is 4. The Kier molecular flexibility index (Phi) is 8.71. The topological polar surface area (TPSA) is 130 Å². The lowest BCUT2D eigenvalue weighted by molar-refractivity contribution is -0.138. The molecule has 0 bridgehead atoms. The van der Waals surface area contributed by atoms with Gasteiger partial charge in [0.1, 0.15) is 29.0 Å². The number of hydrogen-bond acceptors (Lipinski definition) is 6. The van der Waals surface area contributed by atoms with E-state index in [0.29, 0.717) is 47.7 Å². The van der Waals surface area contributed by atoms with Crippen molar-refractivity contribution in [3.63, 3.8) is 0 Å². The van der Waals surface area contributed by atoms with Crippen LogP contribution in [0.15, 0.2) is 83.3 Å². The van der Waals surface area contributed by atoms with Crippen LogP contribution in [0.2, 0.25) is 0 Å². The summed E-state index contributed by atoms with van der Waals surface area (Å²) in [7, 11) is 0. The fourth-order valence-corrected chi connectivity index (χ4v) is 5.24. The van der Waals surface area contributed by atoms with Gasteiger partial charge in [0.05, 0.1) is 0 Å². The van der Waals surface area contributed by atoms with Crippen LogP contribution in [0.25, 0.3) is 22.3 Å². The number of alkyl carbamates (subject to hydrolysis) is 1. The zero-order valence-electron chi connectivity index (χ0n) is 25.2. The molecule has 5 rings (SSSR count). The molecule has 228 valence electrons. The van der Waals surface area contributed by atoms with E-state index in [2.05, 4.69) is 16.0 Å². The van der Waals surface area contributed by atoms with Gasteiger partial charge in [0, 0.05) is 35.8 Å². The number of carbonyl (C=O) groups is 4. The molecule has 1 aromatic heterocycles. The van der Waals surface area contributed by atoms with Gasteiger partial charge < -0.3 is 30.0 Å². The standard InChI is InChI=1S/C34H36N4O6/c1-21(39)35-26-16-17-28-24(19-26)20-29(43-28)22-12-14-25(15-13-22)36-31(40)27-11-8-18-38(27)32(41)30(23-9-6-5-7-10-23)37-33(42)44-34(2,3)4/h5-7,9-10,12-17,19-20,27,30H,8,11,18H2,1-4H3,(H,35,39)(H,36,40)(H,37,42)/t27-,30?/m0/s1. The number of fused-ring (bicyclic) bond motifs is 1. The van der Waals surface area contributed by atoms with Crippen molar-refractivity contribution in [1.82, 2.24) is 10.2 Å². The molecule has 0 spiro atoms. The van der Waals surface area contributed by atoms with Gasteiger partial charge in [-0.3, -0.25) is 14.4 Å². The van der Waals surface area contributed by atoms with E-state index in [1.807, 2.05) is 30.3 Å². The van der Waals surface area contributed by atoms with Gasteiger partial charge in [0.2, 0.25) is 11.8 Å². The summed E-state index contributed by atoms with van der Waals surface area (Å²) >= 11 is 0. The van der Waals surface area contributed by atoms with Gasteiger partial charge >= 0.3 is 6.09 Å². The third kappa shape index (κ3) is 7.26. The Morgan fingerprint density at radius 2 is 1.61 bits per heavy atom. The number of benzene rings is 3. The molecule has 0 aliphatic carbocycles. The minimum Gasteiger partial charge on any atom is -0.456 e. The van der Waals surface area contributed by atoms with E-state index in [1.54, 1.807) is 69.3 Å². The molecule has 0 radical (unpaired) electrons. The van der Waals surface area contributed by atoms with E-state index in [-0.39, 0.29) is 17.7 Å². The Hall–Kier alpha value is -5.12. The van der Waals surface area contributed by atoms with Crippen LogP contribution in [-0.2, 0) is 19.1 Å². The molecule has 1 aliphatic heterocycles. The van der Waals surface area contributed by atoms with Crippen molar-refractivity contribution in [3.05, 3.63) is 84.4 Å². The van der Waals surface area contributed by atoms with Gasteiger partial charge in [0.25, 0.3) is 5.91 Å². The molecule has 3 N–H and O–H groups in total. The Morgan fingerprint density at radius 3 is 2.30 bits per heavy atom. The predicted molar refractivity (Wildman–Crippen MR) is 168 cm³/mol. The largest absolute Gasteiger partial charge is 0.456 e. The maximum atomic E-state index is 13.8. The van der Waals surface area contributed by atoms with Crippen LogP contribution in [0.4, 0.5) is 16.2 Å². The summed E-state index contributed by atoms with van der Waals surface area (Å²) in [6.45, 7) is 7.10. The summed E-state index contributed by atoms with van der Waals surface area (Å²) in [4.78, 5) is 52.8. The number of carbonyl (C=O) groups excluding carboxylic acids is 4. The Balaban J connectivity index is 1.28. The van der Waals surface area contributed by atoms with Crippen molar-refractivity contribution in [2.75, 3.05) is 17.2 Å². The normalized spacial score (nSPS) is 15.5. The summed E-state index contributed by atoms with van der Waals surface area (Å²) < 4.78 is 11.4. The fourth-order valence-electron chi connectivity index (χ4n) is 5.24. The molecule has 10 nitrogen and oxygen atoms in total. The highest BCUT2D eigenvalue weighted by molar-refractivity contribution is 5.99. The molecule has 2 heterocycles. The number of anilines is 2. The molecular weight excluding hydrogens is 560 g/mol. The first-order valence-electron chi connectivity index (χ1n) is 14.5. The maximum absolute atomic E-state index is 13.8. The van der Waals surface area contributed by atoms with Crippen molar-refractivity contribution in [2.24, 2.45) is 0 Å². The number of ether oxygens (including phenoxy) is 1. The van der Waals surface area contributed by atoms with Crippen LogP contribution in [0, 0.1) is 0 Å². The van der Waals surface area contributed by atoms with Crippen LogP contribution in [0.3, 0.4) is 0 Å². The molecule has 0 saturated carbocycles. The summed E-state index contributed by atoms with van der Waals surface area (Å²) in [5, 5.41) is 9.26. The molecule has 10 heteroatoms. The molecule has 3 aromatic carbocycles. The maximum Gasteiger partial charge on any atom is 0.408 e. The first kappa shape index (κ1) is 30.3. The van der Waals surface area contributed by atoms with Crippen molar-refractivity contribution >= 4 is 46.2 Å². The summed E-state index contributed by atoms with van der Waals surface area (Å²) in [5.74, 6) is -0.178. The van der Waals surface area contributed by atoms with Gasteiger partial charge in [0.15, 0.2) is 0 Å². The molecule has 1 unspecified atom stereocenters. The Morgan fingerprint density at radius 1 is 0.909 bits per heavy atom. The molecule has 1 fully saturated rings. The first-order chi connectivity index (χ1) is 21.0. The van der Waals surface area contributed by atoms with E-state index < -0.39 is 23.8 Å². The molecule has 1 saturated heterocycles. The Bertz CT molecular complexity index is 1670. The number of furan rings is 1. The van der Waals surface area contributed by atoms with Gasteiger partial charge in [-0.15, -0.1) is 0 Å². The van der Waals surface area contributed by atoms with Crippen LogP contribution in [0.1, 0.15) is 52.1 Å². The zero-order valence-corrected chi connectivity index (χ0v) is 25.2. The second kappa shape index (κ2) is 12.6. The van der Waals surface area contributed by atoms with Gasteiger partial charge in [-0.1, -0.05) is 30.3 Å². The lowest BCUT2D eigenvalue weighted by Gasteiger charge is -2.29. The minimum atomic E-state index is -1.00. The van der Waals surface area contributed by atoms with Crippen LogP contribution >= 0.6 is 0 Å². The van der Waals surface area contributed by atoms with Crippen molar-refractivity contribution in [1.29, 1.82) is 0 Å². The molecular formula is C34H36N4O6. The molecule has 4 amide bonds. The SMILES string of the molecule is CC(=O)Nc1ccc2oc(-c3ccc(NC(=O)[C@@H]4CCCN4C(=O)C(NC(=O)OC(C)(C)C)c4ccccc4)cc3)cc2c1. The van der Waals surface area contributed by atoms with Crippen molar-refractivity contribution in [2.45, 2.75) is 58.2 Å². The predicted octanol–water partition coefficient (Wildman–Crippen LogP) is 6.25. The van der Waals surface area contributed by atoms with E-state index in [9.17, 15) is 19.2 Å². The number of rotatable bonds is 7. The lowest BCUT2D eigenvalue weighted by atomic mass is 10.0. The monoisotopic (exact) mass is 596 g/mol. The molecule has 2 atom stereocenters. The van der Waals surface area contributed by atoms with E-state index in [4.69, 9.17) is 9.15 Å². The number of nitrogens with one attached hydrogen (secondary N) is 3. The average molecular weight is 597 g/mol. The highest BCUT2D eigenvalue weighted by Crippen LogP contribution is 2.31. The van der Waals surface area contributed by atoms with Gasteiger partial charge in [-0.05, 0) is 87.7 Å². The molecule has 44 heavy (non-hydrogen) atoms. The second-order valence-electron chi connectivity index (χ2n) is 11.8. The van der Waals surface area contributed by atoms with Gasteiger partial charge in [-0.25, -0.2) is 4.79 Å². The number of hydrogen-bond donors (Lipinski definition) is 3. The zero-order chi connectivity index (χ0) is 31.4. The Labute approximate surface area is 255 Å². The highest BCUT2D eigenvalue weighted by Gasteiger charge is 2.38. The second-order valence-corrected chi connectivity index (χ2v) is 11.8. The smallest absolute Gasteiger partial charge is 0.408 e. The summed E-state index contributed by atoms with van der Waals surface area (Å²) in [6, 6.07) is 21.8. The molecule has 1 aliphatic rings. The van der Waals surface area contributed by atoms with Crippen molar-refractivity contribution < 1.29 is 28.3 Å². The number of nitrogens with zero attached hydrogens (tertiary/aromatic N) is 1. The van der Waals surface area contributed by atoms with E-state index in [0.717, 1.165) is 10.9 Å². The summed E-state index contributed by atoms with van der Waals surface area (Å²) in [5.41, 5.74) is 2.63. The quantitative estimate of drug-likeness (QED) is 0.231. The van der Waals surface area contributed by atoms with Crippen molar-refractivity contribution in [3.8, 4) is 11.3 Å². The highest BCUT2D eigenvalue weighted by atomic mass is 16.6. The van der Waals surface area contributed by atoms with Gasteiger partial charge in [-0.2, -0.15) is 0 Å². The van der Waals surface area contributed by atoms with Crippen LogP contribution < -0.4 is 16.0 Å². The minimum absolute atomic E-state index is 0.149. The summed E-state index contributed by atoms with van der Waals surface area (Å²) in [6.07, 6.45) is 0.452. The van der Waals surface area contributed by atoms with E-state index >= 15 is 0 Å². The number of likely N-dealkylation sites (tertiary alicyclic amines) is 1. The lowest BCUT2D eigenvalue weighted by Crippen LogP contribution is -2.49. The fraction of sp³-hybridized carbons (Fsp3) is 0.294. The first-order valence-corrected chi connectivity index (χ1v) is 14.5.